The second-order valence-electron chi connectivity index (χ2n) is 1.86. The van der Waals surface area contributed by atoms with E-state index < -0.39 is 5.97 Å². The van der Waals surface area contributed by atoms with Crippen molar-refractivity contribution in [3.8, 4) is 0 Å². The first-order valence-corrected chi connectivity index (χ1v) is 4.90. The van der Waals surface area contributed by atoms with Crippen molar-refractivity contribution in [2.24, 2.45) is 0 Å². The van der Waals surface area contributed by atoms with Crippen molar-refractivity contribution in [1.82, 2.24) is 0 Å². The number of hydrogen-bond acceptors (Lipinski definition) is 3. The molecule has 52 valence electrons. The minimum absolute atomic E-state index is 0.269. The molecule has 0 unspecified atom stereocenters. The lowest BCUT2D eigenvalue weighted by Crippen LogP contribution is -2.22. The van der Waals surface area contributed by atoms with E-state index in [2.05, 4.69) is 0 Å². The molecule has 0 spiro atoms. The number of hydrogen-bond donors (Lipinski definition) is 1. The van der Waals surface area contributed by atoms with Gasteiger partial charge in [-0.1, -0.05) is 0 Å². The molecule has 1 fully saturated rings. The van der Waals surface area contributed by atoms with Crippen LogP contribution in [0.1, 0.15) is 0 Å². The largest absolute Gasteiger partial charge is 0.481 e. The lowest BCUT2D eigenvalue weighted by atomic mass is 10.5. The summed E-state index contributed by atoms with van der Waals surface area (Å²) in [6, 6.07) is 0. The van der Waals surface area contributed by atoms with Gasteiger partial charge in [0.25, 0.3) is 0 Å². The highest BCUT2D eigenvalue weighted by Crippen LogP contribution is 2.28. The minimum Gasteiger partial charge on any atom is -0.481 e. The molecule has 0 aromatic carbocycles. The third-order valence-corrected chi connectivity index (χ3v) is 3.97. The van der Waals surface area contributed by atoms with E-state index in [4.69, 9.17) is 5.11 Å². The first-order valence-electron chi connectivity index (χ1n) is 2.70. The molecule has 1 rings (SSSR count). The number of thioether (sulfide) groups is 2. The van der Waals surface area contributed by atoms with Gasteiger partial charge in [0.15, 0.2) is 0 Å². The highest BCUT2D eigenvalue weighted by molar-refractivity contribution is 8.07. The van der Waals surface area contributed by atoms with Crippen LogP contribution in [0.15, 0.2) is 0 Å². The summed E-state index contributed by atoms with van der Waals surface area (Å²) in [5, 5.41) is 8.87. The number of carboxylic acids is 1. The Morgan fingerprint density at radius 3 is 2.78 bits per heavy atom. The maximum absolute atomic E-state index is 10.0. The number of carbonyl (C=O) groups is 1. The summed E-state index contributed by atoms with van der Waals surface area (Å²) < 4.78 is 0. The van der Waals surface area contributed by atoms with Crippen LogP contribution in [0.3, 0.4) is 0 Å². The van der Waals surface area contributed by atoms with Crippen LogP contribution in [0.2, 0.25) is 0 Å². The predicted molar refractivity (Wildman–Crippen MR) is 41.2 cm³/mol. The van der Waals surface area contributed by atoms with E-state index in [9.17, 15) is 4.79 Å². The van der Waals surface area contributed by atoms with Gasteiger partial charge in [-0.05, 0) is 0 Å². The average molecular weight is 164 g/mol. The summed E-state index contributed by atoms with van der Waals surface area (Å²) in [6.07, 6.45) is 0. The number of aliphatic carboxylic acids is 1. The zero-order valence-electron chi connectivity index (χ0n) is 4.87. The zero-order chi connectivity index (χ0) is 6.69. The molecule has 1 saturated heterocycles. The quantitative estimate of drug-likeness (QED) is 0.673. The SMILES string of the molecule is O=C(O)CSC1CSC1. The topological polar surface area (TPSA) is 37.3 Å². The van der Waals surface area contributed by atoms with Crippen molar-refractivity contribution >= 4 is 29.5 Å². The van der Waals surface area contributed by atoms with Crippen molar-refractivity contribution in [2.75, 3.05) is 17.3 Å². The summed E-state index contributed by atoms with van der Waals surface area (Å²) in [6.45, 7) is 0. The van der Waals surface area contributed by atoms with Crippen LogP contribution in [0.25, 0.3) is 0 Å². The molecule has 4 heteroatoms. The molecule has 0 saturated carbocycles. The third-order valence-electron chi connectivity index (χ3n) is 1.05. The van der Waals surface area contributed by atoms with Crippen LogP contribution in [0.4, 0.5) is 0 Å². The van der Waals surface area contributed by atoms with Crippen LogP contribution in [0.5, 0.6) is 0 Å². The molecule has 0 aliphatic carbocycles. The van der Waals surface area contributed by atoms with Crippen molar-refractivity contribution < 1.29 is 9.90 Å². The first kappa shape index (κ1) is 7.28. The molecule has 1 aliphatic rings. The summed E-state index contributed by atoms with van der Waals surface area (Å²) in [7, 11) is 0. The van der Waals surface area contributed by atoms with E-state index in [1.165, 1.54) is 0 Å². The first-order chi connectivity index (χ1) is 4.29. The monoisotopic (exact) mass is 164 g/mol. The van der Waals surface area contributed by atoms with Gasteiger partial charge >= 0.3 is 5.97 Å². The fraction of sp³-hybridized carbons (Fsp3) is 0.800. The molecular formula is C5H8O2S2. The van der Waals surface area contributed by atoms with Gasteiger partial charge in [0.05, 0.1) is 5.75 Å². The molecule has 0 atom stereocenters. The van der Waals surface area contributed by atoms with Crippen LogP contribution in [-0.4, -0.2) is 33.6 Å². The Bertz CT molecular complexity index is 112. The van der Waals surface area contributed by atoms with Crippen molar-refractivity contribution in [3.63, 3.8) is 0 Å². The van der Waals surface area contributed by atoms with Crippen LogP contribution < -0.4 is 0 Å². The Kier molecular flexibility index (Phi) is 2.72. The molecule has 0 aromatic heterocycles. The summed E-state index contributed by atoms with van der Waals surface area (Å²) in [5.41, 5.74) is 0. The molecule has 0 aromatic rings. The Morgan fingerprint density at radius 1 is 1.78 bits per heavy atom. The Labute approximate surface area is 62.4 Å². The Morgan fingerprint density at radius 2 is 2.44 bits per heavy atom. The fourth-order valence-corrected chi connectivity index (χ4v) is 2.65. The Balaban J connectivity index is 1.97. The molecular weight excluding hydrogens is 156 g/mol. The van der Waals surface area contributed by atoms with E-state index >= 15 is 0 Å². The summed E-state index contributed by atoms with van der Waals surface area (Å²) in [5.74, 6) is 1.85. The van der Waals surface area contributed by atoms with Crippen LogP contribution >= 0.6 is 23.5 Å². The molecule has 0 radical (unpaired) electrons. The van der Waals surface area contributed by atoms with Gasteiger partial charge < -0.3 is 5.11 Å². The molecule has 2 nitrogen and oxygen atoms in total. The third kappa shape index (κ3) is 2.49. The van der Waals surface area contributed by atoms with E-state index in [0.717, 1.165) is 11.5 Å². The average Bonchev–Trinajstić information content (AvgIpc) is 1.60. The predicted octanol–water partition coefficient (Wildman–Crippen LogP) is 0.920. The van der Waals surface area contributed by atoms with Gasteiger partial charge in [0.2, 0.25) is 0 Å². The lowest BCUT2D eigenvalue weighted by Gasteiger charge is -2.22. The summed E-state index contributed by atoms with van der Waals surface area (Å²) in [4.78, 5) is 10.0. The van der Waals surface area contributed by atoms with Gasteiger partial charge in [0, 0.05) is 16.8 Å². The maximum Gasteiger partial charge on any atom is 0.313 e. The van der Waals surface area contributed by atoms with Gasteiger partial charge in [-0.15, -0.1) is 11.8 Å². The summed E-state index contributed by atoms with van der Waals surface area (Å²) >= 11 is 3.43. The standard InChI is InChI=1S/C5H8O2S2/c6-5(7)3-9-4-1-8-2-4/h4H,1-3H2,(H,6,7). The molecule has 0 bridgehead atoms. The molecule has 1 heterocycles. The number of carboxylic acid groups (broad SMARTS) is 1. The second kappa shape index (κ2) is 3.37. The van der Waals surface area contributed by atoms with Gasteiger partial charge in [-0.3, -0.25) is 4.79 Å². The Hall–Kier alpha value is 0.170. The highest BCUT2D eigenvalue weighted by Gasteiger charge is 2.18. The van der Waals surface area contributed by atoms with Gasteiger partial charge in [-0.2, -0.15) is 11.8 Å². The van der Waals surface area contributed by atoms with Crippen molar-refractivity contribution in [2.45, 2.75) is 5.25 Å². The van der Waals surface area contributed by atoms with E-state index in [1.807, 2.05) is 11.8 Å². The zero-order valence-corrected chi connectivity index (χ0v) is 6.50. The van der Waals surface area contributed by atoms with E-state index in [0.29, 0.717) is 5.25 Å². The maximum atomic E-state index is 10.0. The van der Waals surface area contributed by atoms with Crippen molar-refractivity contribution in [3.05, 3.63) is 0 Å². The molecule has 0 amide bonds. The van der Waals surface area contributed by atoms with E-state index in [-0.39, 0.29) is 5.75 Å². The molecule has 1 N–H and O–H groups in total. The smallest absolute Gasteiger partial charge is 0.313 e. The lowest BCUT2D eigenvalue weighted by molar-refractivity contribution is -0.133. The van der Waals surface area contributed by atoms with E-state index in [1.54, 1.807) is 11.8 Å². The van der Waals surface area contributed by atoms with Crippen LogP contribution in [0, 0.1) is 0 Å². The van der Waals surface area contributed by atoms with Crippen LogP contribution in [-0.2, 0) is 4.79 Å². The highest BCUT2D eigenvalue weighted by atomic mass is 32.2. The minimum atomic E-state index is -0.697. The normalized spacial score (nSPS) is 19.1. The second-order valence-corrected chi connectivity index (χ2v) is 4.23. The number of rotatable bonds is 3. The molecule has 1 aliphatic heterocycles. The molecule has 9 heavy (non-hydrogen) atoms. The van der Waals surface area contributed by atoms with Crippen molar-refractivity contribution in [1.29, 1.82) is 0 Å². The van der Waals surface area contributed by atoms with Gasteiger partial charge in [0.1, 0.15) is 0 Å². The van der Waals surface area contributed by atoms with Gasteiger partial charge in [-0.25, -0.2) is 0 Å². The fourth-order valence-electron chi connectivity index (χ4n) is 0.499.